The molecule has 1 aromatic carbocycles. The number of carbonyl (C=O) groups excluding carboxylic acids is 1. The highest BCUT2D eigenvalue weighted by Gasteiger charge is 2.20. The van der Waals surface area contributed by atoms with E-state index in [4.69, 9.17) is 9.72 Å². The molecular formula is C20H24N4O3. The number of hydrogen-bond donors (Lipinski definition) is 2. The summed E-state index contributed by atoms with van der Waals surface area (Å²) in [6.45, 7) is 6.97. The number of aromatic amines is 1. The SMILES string of the molecule is COc1c[nH]c(C(=O)NC(C)c2nc3ccccc3n2CC(C)C)cc1=O. The normalized spacial score (nSPS) is 12.3. The third-order valence-electron chi connectivity index (χ3n) is 4.31. The molecule has 0 bridgehead atoms. The number of nitrogens with one attached hydrogen (secondary N) is 2. The Hall–Kier alpha value is -3.09. The average molecular weight is 368 g/mol. The van der Waals surface area contributed by atoms with Gasteiger partial charge in [-0.1, -0.05) is 26.0 Å². The van der Waals surface area contributed by atoms with Crippen LogP contribution in [-0.2, 0) is 6.54 Å². The Morgan fingerprint density at radius 2 is 2.04 bits per heavy atom. The molecule has 7 nitrogen and oxygen atoms in total. The van der Waals surface area contributed by atoms with Crippen LogP contribution in [0.3, 0.4) is 0 Å². The molecular weight excluding hydrogens is 344 g/mol. The van der Waals surface area contributed by atoms with Gasteiger partial charge in [0.1, 0.15) is 11.5 Å². The fourth-order valence-electron chi connectivity index (χ4n) is 3.07. The molecule has 2 N–H and O–H groups in total. The quantitative estimate of drug-likeness (QED) is 0.700. The van der Waals surface area contributed by atoms with Crippen LogP contribution >= 0.6 is 0 Å². The third-order valence-corrected chi connectivity index (χ3v) is 4.31. The molecule has 2 aromatic heterocycles. The van der Waals surface area contributed by atoms with Crippen LogP contribution in [0, 0.1) is 5.92 Å². The van der Waals surface area contributed by atoms with E-state index in [1.54, 1.807) is 0 Å². The summed E-state index contributed by atoms with van der Waals surface area (Å²) in [6, 6.07) is 8.83. The molecule has 0 aliphatic carbocycles. The van der Waals surface area contributed by atoms with Gasteiger partial charge in [0.2, 0.25) is 5.43 Å². The van der Waals surface area contributed by atoms with Crippen LogP contribution < -0.4 is 15.5 Å². The number of methoxy groups -OCH3 is 1. The Bertz CT molecular complexity index is 1020. The van der Waals surface area contributed by atoms with Crippen molar-refractivity contribution in [1.29, 1.82) is 0 Å². The van der Waals surface area contributed by atoms with Crippen molar-refractivity contribution in [3.8, 4) is 5.75 Å². The predicted molar refractivity (Wildman–Crippen MR) is 104 cm³/mol. The molecule has 0 fully saturated rings. The van der Waals surface area contributed by atoms with E-state index in [1.165, 1.54) is 19.4 Å². The van der Waals surface area contributed by atoms with Crippen molar-refractivity contribution < 1.29 is 9.53 Å². The molecule has 3 rings (SSSR count). The minimum atomic E-state index is -0.370. The lowest BCUT2D eigenvalue weighted by atomic mass is 10.2. The summed E-state index contributed by atoms with van der Waals surface area (Å²) in [5, 5.41) is 2.92. The molecule has 1 unspecified atom stereocenters. The first-order valence-corrected chi connectivity index (χ1v) is 8.93. The Morgan fingerprint density at radius 3 is 2.70 bits per heavy atom. The summed E-state index contributed by atoms with van der Waals surface area (Å²) in [5.41, 5.74) is 1.77. The molecule has 1 atom stereocenters. The number of rotatable bonds is 6. The van der Waals surface area contributed by atoms with Gasteiger partial charge in [0.15, 0.2) is 5.75 Å². The maximum absolute atomic E-state index is 12.6. The molecule has 3 aromatic rings. The molecule has 0 aliphatic rings. The van der Waals surface area contributed by atoms with Crippen LogP contribution in [0.4, 0.5) is 0 Å². The molecule has 0 radical (unpaired) electrons. The van der Waals surface area contributed by atoms with Gasteiger partial charge < -0.3 is 19.6 Å². The van der Waals surface area contributed by atoms with Crippen LogP contribution in [0.15, 0.2) is 41.3 Å². The second kappa shape index (κ2) is 7.65. The van der Waals surface area contributed by atoms with Gasteiger partial charge in [-0.05, 0) is 25.0 Å². The number of amides is 1. The second-order valence-corrected chi connectivity index (χ2v) is 6.94. The standard InChI is InChI=1S/C20H24N4O3/c1-12(2)11-24-16-8-6-5-7-14(16)23-19(24)13(3)22-20(26)15-9-17(25)18(27-4)10-21-15/h5-10,12-13H,11H2,1-4H3,(H,21,25)(H,22,26). The topological polar surface area (TPSA) is 89.0 Å². The largest absolute Gasteiger partial charge is 0.491 e. The van der Waals surface area contributed by atoms with Gasteiger partial charge in [-0.15, -0.1) is 0 Å². The fourth-order valence-corrected chi connectivity index (χ4v) is 3.07. The van der Waals surface area contributed by atoms with Gasteiger partial charge in [-0.25, -0.2) is 4.98 Å². The Labute approximate surface area is 157 Å². The summed E-state index contributed by atoms with van der Waals surface area (Å²) >= 11 is 0. The lowest BCUT2D eigenvalue weighted by molar-refractivity contribution is 0.0932. The minimum Gasteiger partial charge on any atom is -0.491 e. The van der Waals surface area contributed by atoms with Crippen molar-refractivity contribution in [3.63, 3.8) is 0 Å². The first-order valence-electron chi connectivity index (χ1n) is 8.93. The van der Waals surface area contributed by atoms with E-state index in [0.29, 0.717) is 5.92 Å². The van der Waals surface area contributed by atoms with E-state index in [2.05, 4.69) is 28.7 Å². The van der Waals surface area contributed by atoms with Crippen LogP contribution in [0.2, 0.25) is 0 Å². The van der Waals surface area contributed by atoms with Crippen LogP contribution in [0.1, 0.15) is 43.1 Å². The van der Waals surface area contributed by atoms with E-state index >= 15 is 0 Å². The Kier molecular flexibility index (Phi) is 5.30. The molecule has 0 saturated heterocycles. The molecule has 27 heavy (non-hydrogen) atoms. The Morgan fingerprint density at radius 1 is 1.30 bits per heavy atom. The molecule has 7 heteroatoms. The molecule has 1 amide bonds. The van der Waals surface area contributed by atoms with Gasteiger partial charge in [-0.2, -0.15) is 0 Å². The number of H-pyrrole nitrogens is 1. The smallest absolute Gasteiger partial charge is 0.268 e. The summed E-state index contributed by atoms with van der Waals surface area (Å²) in [7, 11) is 1.41. The van der Waals surface area contributed by atoms with Gasteiger partial charge in [0.05, 0.1) is 24.2 Å². The maximum Gasteiger partial charge on any atom is 0.268 e. The minimum absolute atomic E-state index is 0.165. The molecule has 2 heterocycles. The van der Waals surface area contributed by atoms with Crippen LogP contribution in [0.5, 0.6) is 5.75 Å². The molecule has 0 saturated carbocycles. The lowest BCUT2D eigenvalue weighted by Gasteiger charge is -2.17. The third kappa shape index (κ3) is 3.86. The van der Waals surface area contributed by atoms with Gasteiger partial charge >= 0.3 is 0 Å². The highest BCUT2D eigenvalue weighted by molar-refractivity contribution is 5.92. The van der Waals surface area contributed by atoms with Crippen molar-refractivity contribution in [2.24, 2.45) is 5.92 Å². The average Bonchev–Trinajstić information content (AvgIpc) is 2.99. The number of pyridine rings is 1. The van der Waals surface area contributed by atoms with E-state index in [9.17, 15) is 9.59 Å². The molecule has 0 spiro atoms. The van der Waals surface area contributed by atoms with Crippen molar-refractivity contribution in [1.82, 2.24) is 19.9 Å². The first kappa shape index (κ1) is 18.7. The van der Waals surface area contributed by atoms with Crippen molar-refractivity contribution in [2.75, 3.05) is 7.11 Å². The van der Waals surface area contributed by atoms with E-state index in [0.717, 1.165) is 23.4 Å². The van der Waals surface area contributed by atoms with Gasteiger partial charge in [0, 0.05) is 18.8 Å². The number of benzene rings is 1. The van der Waals surface area contributed by atoms with E-state index < -0.39 is 0 Å². The number of aromatic nitrogens is 3. The number of para-hydroxylation sites is 2. The first-order chi connectivity index (χ1) is 12.9. The number of imidazole rings is 1. The summed E-state index contributed by atoms with van der Waals surface area (Å²) in [4.78, 5) is 32.0. The second-order valence-electron chi connectivity index (χ2n) is 6.94. The fraction of sp³-hybridized carbons (Fsp3) is 0.350. The summed E-state index contributed by atoms with van der Waals surface area (Å²) < 4.78 is 7.07. The number of carbonyl (C=O) groups is 1. The highest BCUT2D eigenvalue weighted by Crippen LogP contribution is 2.22. The molecule has 0 aliphatic heterocycles. The van der Waals surface area contributed by atoms with Gasteiger partial charge in [0.25, 0.3) is 5.91 Å². The zero-order valence-corrected chi connectivity index (χ0v) is 15.9. The zero-order valence-electron chi connectivity index (χ0n) is 15.9. The Balaban J connectivity index is 1.89. The molecule has 142 valence electrons. The van der Waals surface area contributed by atoms with Crippen molar-refractivity contribution >= 4 is 16.9 Å². The van der Waals surface area contributed by atoms with Crippen LogP contribution in [-0.4, -0.2) is 27.6 Å². The number of ether oxygens (including phenoxy) is 1. The van der Waals surface area contributed by atoms with Crippen molar-refractivity contribution in [3.05, 3.63) is 58.3 Å². The van der Waals surface area contributed by atoms with E-state index in [-0.39, 0.29) is 28.8 Å². The number of hydrogen-bond acceptors (Lipinski definition) is 4. The summed E-state index contributed by atoms with van der Waals surface area (Å²) in [6.07, 6.45) is 1.38. The maximum atomic E-state index is 12.6. The van der Waals surface area contributed by atoms with Crippen LogP contribution in [0.25, 0.3) is 11.0 Å². The summed E-state index contributed by atoms with van der Waals surface area (Å²) in [5.74, 6) is 1.01. The monoisotopic (exact) mass is 368 g/mol. The van der Waals surface area contributed by atoms with Crippen molar-refractivity contribution in [2.45, 2.75) is 33.4 Å². The highest BCUT2D eigenvalue weighted by atomic mass is 16.5. The predicted octanol–water partition coefficient (Wildman–Crippen LogP) is 2.88. The lowest BCUT2D eigenvalue weighted by Crippen LogP contribution is -2.30. The zero-order chi connectivity index (χ0) is 19.6. The number of nitrogens with zero attached hydrogens (tertiary/aromatic N) is 2. The van der Waals surface area contributed by atoms with Gasteiger partial charge in [-0.3, -0.25) is 9.59 Å². The number of fused-ring (bicyclic) bond motifs is 1. The van der Waals surface area contributed by atoms with E-state index in [1.807, 2.05) is 31.2 Å².